The molecule has 7 heteroatoms. The largest absolute Gasteiger partial charge is 0.348 e. The Hall–Kier alpha value is -0.760. The predicted molar refractivity (Wildman–Crippen MR) is 91.1 cm³/mol. The zero-order valence-electron chi connectivity index (χ0n) is 11.6. The highest BCUT2D eigenvalue weighted by molar-refractivity contribution is 9.10. The van der Waals surface area contributed by atoms with Crippen LogP contribution in [0.1, 0.15) is 30.3 Å². The van der Waals surface area contributed by atoms with E-state index in [2.05, 4.69) is 38.5 Å². The third kappa shape index (κ3) is 3.71. The average Bonchev–Trinajstić information content (AvgIpc) is 3.07. The Morgan fingerprint density at radius 3 is 3.05 bits per heavy atom. The van der Waals surface area contributed by atoms with Gasteiger partial charge in [0.25, 0.3) is 5.91 Å². The summed E-state index contributed by atoms with van der Waals surface area (Å²) in [6.45, 7) is 3.10. The summed E-state index contributed by atoms with van der Waals surface area (Å²) in [5, 5.41) is 11.2. The molecule has 1 aliphatic heterocycles. The molecular formula is C14H16BrN3OS2. The minimum absolute atomic E-state index is 0.0628. The number of rotatable bonds is 3. The Bertz CT molecular complexity index is 640. The van der Waals surface area contributed by atoms with Gasteiger partial charge in [0, 0.05) is 27.3 Å². The molecule has 112 valence electrons. The third-order valence-electron chi connectivity index (χ3n) is 3.47. The molecule has 3 heterocycles. The summed E-state index contributed by atoms with van der Waals surface area (Å²) in [5.41, 5.74) is 0.519. The van der Waals surface area contributed by atoms with Gasteiger partial charge in [-0.1, -0.05) is 0 Å². The predicted octanol–water partition coefficient (Wildman–Crippen LogP) is 3.50. The number of hydrogen-bond acceptors (Lipinski definition) is 5. The van der Waals surface area contributed by atoms with Crippen molar-refractivity contribution in [3.05, 3.63) is 27.0 Å². The van der Waals surface area contributed by atoms with Gasteiger partial charge in [-0.2, -0.15) is 0 Å². The number of thiophene rings is 1. The fraction of sp³-hybridized carbons (Fsp3) is 0.429. The molecule has 2 unspecified atom stereocenters. The van der Waals surface area contributed by atoms with Crippen LogP contribution in [0, 0.1) is 0 Å². The molecule has 2 N–H and O–H groups in total. The zero-order chi connectivity index (χ0) is 14.8. The van der Waals surface area contributed by atoms with Crippen molar-refractivity contribution in [1.29, 1.82) is 0 Å². The van der Waals surface area contributed by atoms with Gasteiger partial charge in [-0.25, -0.2) is 4.98 Å². The van der Waals surface area contributed by atoms with Gasteiger partial charge in [-0.3, -0.25) is 4.79 Å². The van der Waals surface area contributed by atoms with Crippen molar-refractivity contribution in [2.45, 2.75) is 31.8 Å². The van der Waals surface area contributed by atoms with Gasteiger partial charge in [0.2, 0.25) is 0 Å². The number of nitrogens with one attached hydrogen (secondary N) is 2. The van der Waals surface area contributed by atoms with Crippen LogP contribution in [0.2, 0.25) is 0 Å². The van der Waals surface area contributed by atoms with E-state index in [1.807, 2.05) is 16.8 Å². The molecule has 4 nitrogen and oxygen atoms in total. The Balaban J connectivity index is 1.66. The summed E-state index contributed by atoms with van der Waals surface area (Å²) >= 11 is 6.58. The van der Waals surface area contributed by atoms with Crippen molar-refractivity contribution in [3.8, 4) is 9.88 Å². The average molecular weight is 386 g/mol. The lowest BCUT2D eigenvalue weighted by Gasteiger charge is -2.28. The highest BCUT2D eigenvalue weighted by atomic mass is 79.9. The maximum absolute atomic E-state index is 12.3. The molecule has 2 atom stereocenters. The summed E-state index contributed by atoms with van der Waals surface area (Å²) in [5.74, 6) is -0.0628. The van der Waals surface area contributed by atoms with E-state index in [9.17, 15) is 4.79 Å². The van der Waals surface area contributed by atoms with Crippen LogP contribution in [0.5, 0.6) is 0 Å². The SMILES string of the molecule is CC1CC(NC(=O)c2csc(-c3cc(Br)cs3)n2)CCN1. The van der Waals surface area contributed by atoms with Crippen LogP contribution in [-0.4, -0.2) is 29.5 Å². The van der Waals surface area contributed by atoms with Gasteiger partial charge < -0.3 is 10.6 Å². The van der Waals surface area contributed by atoms with Crippen molar-refractivity contribution in [1.82, 2.24) is 15.6 Å². The molecular weight excluding hydrogens is 370 g/mol. The number of thiazole rings is 1. The van der Waals surface area contributed by atoms with Crippen LogP contribution >= 0.6 is 38.6 Å². The van der Waals surface area contributed by atoms with Crippen molar-refractivity contribution in [2.24, 2.45) is 0 Å². The Labute approximate surface area is 140 Å². The fourth-order valence-electron chi connectivity index (χ4n) is 2.44. The molecule has 1 aliphatic rings. The summed E-state index contributed by atoms with van der Waals surface area (Å²) in [4.78, 5) is 17.8. The van der Waals surface area contributed by atoms with Crippen LogP contribution in [-0.2, 0) is 0 Å². The highest BCUT2D eigenvalue weighted by Gasteiger charge is 2.21. The Kier molecular flexibility index (Phi) is 4.73. The van der Waals surface area contributed by atoms with Gasteiger partial charge in [-0.15, -0.1) is 22.7 Å². The summed E-state index contributed by atoms with van der Waals surface area (Å²) < 4.78 is 1.05. The molecule has 0 spiro atoms. The van der Waals surface area contributed by atoms with E-state index in [4.69, 9.17) is 0 Å². The number of piperidine rings is 1. The number of halogens is 1. The molecule has 1 amide bonds. The van der Waals surface area contributed by atoms with E-state index < -0.39 is 0 Å². The molecule has 0 aliphatic carbocycles. The topological polar surface area (TPSA) is 54.0 Å². The first-order valence-electron chi connectivity index (χ1n) is 6.86. The Morgan fingerprint density at radius 2 is 2.33 bits per heavy atom. The second-order valence-electron chi connectivity index (χ2n) is 5.22. The number of nitrogens with zero attached hydrogens (tertiary/aromatic N) is 1. The Morgan fingerprint density at radius 1 is 1.48 bits per heavy atom. The van der Waals surface area contributed by atoms with Crippen LogP contribution in [0.25, 0.3) is 9.88 Å². The maximum atomic E-state index is 12.3. The van der Waals surface area contributed by atoms with E-state index in [1.54, 1.807) is 11.3 Å². The number of aromatic nitrogens is 1. The lowest BCUT2D eigenvalue weighted by Crippen LogP contribution is -2.46. The second-order valence-corrected chi connectivity index (χ2v) is 7.90. The van der Waals surface area contributed by atoms with Crippen molar-refractivity contribution in [2.75, 3.05) is 6.54 Å². The quantitative estimate of drug-likeness (QED) is 0.849. The summed E-state index contributed by atoms with van der Waals surface area (Å²) in [6, 6.07) is 2.73. The van der Waals surface area contributed by atoms with E-state index in [1.165, 1.54) is 11.3 Å². The molecule has 2 aromatic rings. The van der Waals surface area contributed by atoms with Crippen molar-refractivity contribution in [3.63, 3.8) is 0 Å². The first kappa shape index (κ1) is 15.1. The molecule has 2 aromatic heterocycles. The number of hydrogen-bond donors (Lipinski definition) is 2. The monoisotopic (exact) mass is 385 g/mol. The summed E-state index contributed by atoms with van der Waals surface area (Å²) in [7, 11) is 0. The third-order valence-corrected chi connectivity index (χ3v) is 6.18. The van der Waals surface area contributed by atoms with Gasteiger partial charge >= 0.3 is 0 Å². The van der Waals surface area contributed by atoms with Gasteiger partial charge in [0.05, 0.1) is 4.88 Å². The van der Waals surface area contributed by atoms with Gasteiger partial charge in [0.15, 0.2) is 0 Å². The lowest BCUT2D eigenvalue weighted by molar-refractivity contribution is 0.0921. The lowest BCUT2D eigenvalue weighted by atomic mass is 10.0. The van der Waals surface area contributed by atoms with Crippen LogP contribution in [0.4, 0.5) is 0 Å². The number of carbonyl (C=O) groups is 1. The molecule has 1 fully saturated rings. The first-order valence-corrected chi connectivity index (χ1v) is 9.41. The van der Waals surface area contributed by atoms with Crippen LogP contribution in [0.15, 0.2) is 21.3 Å². The van der Waals surface area contributed by atoms with E-state index in [0.717, 1.165) is 33.7 Å². The van der Waals surface area contributed by atoms with E-state index in [0.29, 0.717) is 11.7 Å². The van der Waals surface area contributed by atoms with E-state index in [-0.39, 0.29) is 11.9 Å². The number of amides is 1. The highest BCUT2D eigenvalue weighted by Crippen LogP contribution is 2.32. The maximum Gasteiger partial charge on any atom is 0.270 e. The smallest absolute Gasteiger partial charge is 0.270 e. The number of carbonyl (C=O) groups excluding carboxylic acids is 1. The van der Waals surface area contributed by atoms with Gasteiger partial charge in [-0.05, 0) is 48.3 Å². The fourth-order valence-corrected chi connectivity index (χ4v) is 4.75. The standard InChI is InChI=1S/C14H16BrN3OS2/c1-8-4-10(2-3-16-8)17-13(19)11-7-21-14(18-11)12-5-9(15)6-20-12/h5-8,10,16H,2-4H2,1H3,(H,17,19). The molecule has 0 radical (unpaired) electrons. The normalized spacial score (nSPS) is 22.2. The molecule has 3 rings (SSSR count). The zero-order valence-corrected chi connectivity index (χ0v) is 14.8. The van der Waals surface area contributed by atoms with Crippen molar-refractivity contribution < 1.29 is 4.79 Å². The minimum atomic E-state index is -0.0628. The second kappa shape index (κ2) is 6.56. The molecule has 21 heavy (non-hydrogen) atoms. The van der Waals surface area contributed by atoms with Crippen LogP contribution in [0.3, 0.4) is 0 Å². The molecule has 0 saturated carbocycles. The molecule has 0 aromatic carbocycles. The van der Waals surface area contributed by atoms with Crippen molar-refractivity contribution >= 4 is 44.5 Å². The van der Waals surface area contributed by atoms with Gasteiger partial charge in [0.1, 0.15) is 10.7 Å². The summed E-state index contributed by atoms with van der Waals surface area (Å²) in [6.07, 6.45) is 1.95. The molecule has 1 saturated heterocycles. The van der Waals surface area contributed by atoms with E-state index >= 15 is 0 Å². The van der Waals surface area contributed by atoms with Crippen LogP contribution < -0.4 is 10.6 Å². The minimum Gasteiger partial charge on any atom is -0.348 e. The molecule has 0 bridgehead atoms. The first-order chi connectivity index (χ1) is 10.1.